The van der Waals surface area contributed by atoms with E-state index in [2.05, 4.69) is 20.8 Å². The van der Waals surface area contributed by atoms with Gasteiger partial charge in [0.05, 0.1) is 11.3 Å². The number of benzene rings is 1. The van der Waals surface area contributed by atoms with Crippen LogP contribution in [0.1, 0.15) is 12.5 Å². The van der Waals surface area contributed by atoms with Crippen LogP contribution in [0, 0.1) is 6.92 Å². The average Bonchev–Trinajstić information content (AvgIpc) is 2.86. The van der Waals surface area contributed by atoms with Crippen molar-refractivity contribution in [1.29, 1.82) is 0 Å². The van der Waals surface area contributed by atoms with E-state index < -0.39 is 5.60 Å². The Balaban J connectivity index is 2.11. The molecule has 0 radical (unpaired) electrons. The Labute approximate surface area is 122 Å². The van der Waals surface area contributed by atoms with E-state index in [9.17, 15) is 5.11 Å². The van der Waals surface area contributed by atoms with Gasteiger partial charge in [-0.1, -0.05) is 22.8 Å². The van der Waals surface area contributed by atoms with Crippen LogP contribution in [0.5, 0.6) is 0 Å². The highest BCUT2D eigenvalue weighted by Gasteiger charge is 2.20. The van der Waals surface area contributed by atoms with Gasteiger partial charge in [0.1, 0.15) is 0 Å². The number of nitrogens with one attached hydrogen (secondary N) is 1. The summed E-state index contributed by atoms with van der Waals surface area (Å²) in [5, 5.41) is 24.8. The number of thioether (sulfide) groups is 1. The molecular formula is C13H19N5OS. The summed E-state index contributed by atoms with van der Waals surface area (Å²) < 4.78 is 1.62. The summed E-state index contributed by atoms with van der Waals surface area (Å²) in [6, 6.07) is 7.92. The molecular weight excluding hydrogens is 274 g/mol. The summed E-state index contributed by atoms with van der Waals surface area (Å²) in [5.74, 6) is 1.17. The van der Waals surface area contributed by atoms with E-state index in [-0.39, 0.29) is 0 Å². The van der Waals surface area contributed by atoms with E-state index in [0.29, 0.717) is 18.2 Å². The van der Waals surface area contributed by atoms with Crippen LogP contribution in [-0.4, -0.2) is 49.5 Å². The molecule has 108 valence electrons. The zero-order chi connectivity index (χ0) is 14.6. The predicted octanol–water partition coefficient (Wildman–Crippen LogP) is 1.50. The van der Waals surface area contributed by atoms with Crippen LogP contribution >= 0.6 is 11.8 Å². The fraction of sp³-hybridized carbons (Fsp3) is 0.462. The quantitative estimate of drug-likeness (QED) is 0.840. The molecule has 0 saturated carbocycles. The number of anilines is 1. The Bertz CT molecular complexity index is 552. The lowest BCUT2D eigenvalue weighted by Gasteiger charge is -2.22. The molecule has 0 saturated heterocycles. The number of hydrogen-bond acceptors (Lipinski definition) is 6. The number of aliphatic hydroxyl groups is 1. The Morgan fingerprint density at radius 3 is 2.70 bits per heavy atom. The molecule has 0 aliphatic rings. The second-order valence-corrected chi connectivity index (χ2v) is 5.90. The van der Waals surface area contributed by atoms with Gasteiger partial charge in [0.25, 0.3) is 0 Å². The van der Waals surface area contributed by atoms with E-state index in [4.69, 9.17) is 0 Å². The number of aromatic nitrogens is 4. The van der Waals surface area contributed by atoms with Crippen LogP contribution in [0.2, 0.25) is 0 Å². The van der Waals surface area contributed by atoms with Crippen molar-refractivity contribution >= 4 is 17.7 Å². The van der Waals surface area contributed by atoms with Gasteiger partial charge in [-0.05, 0) is 42.7 Å². The zero-order valence-electron chi connectivity index (χ0n) is 11.9. The largest absolute Gasteiger partial charge is 0.387 e. The maximum Gasteiger partial charge on any atom is 0.247 e. The van der Waals surface area contributed by atoms with Gasteiger partial charge in [0, 0.05) is 12.3 Å². The lowest BCUT2D eigenvalue weighted by atomic mass is 10.1. The average molecular weight is 293 g/mol. The van der Waals surface area contributed by atoms with Crippen LogP contribution in [0.3, 0.4) is 0 Å². The van der Waals surface area contributed by atoms with E-state index in [1.54, 1.807) is 23.4 Å². The fourth-order valence-corrected chi connectivity index (χ4v) is 2.51. The first-order valence-corrected chi connectivity index (χ1v) is 7.72. The van der Waals surface area contributed by atoms with Crippen molar-refractivity contribution in [2.24, 2.45) is 0 Å². The minimum atomic E-state index is -0.802. The SMILES string of the molecule is CSC[C@](C)(O)CNc1nnnn1-c1ccc(C)cc1. The van der Waals surface area contributed by atoms with Crippen molar-refractivity contribution in [3.63, 3.8) is 0 Å². The molecule has 0 aliphatic heterocycles. The van der Waals surface area contributed by atoms with Crippen molar-refractivity contribution in [2.45, 2.75) is 19.4 Å². The Morgan fingerprint density at radius 2 is 2.05 bits per heavy atom. The van der Waals surface area contributed by atoms with Crippen LogP contribution in [0.15, 0.2) is 24.3 Å². The van der Waals surface area contributed by atoms with Gasteiger partial charge in [0.2, 0.25) is 5.95 Å². The molecule has 2 aromatic rings. The number of hydrogen-bond donors (Lipinski definition) is 2. The van der Waals surface area contributed by atoms with Crippen LogP contribution in [0.4, 0.5) is 5.95 Å². The van der Waals surface area contributed by atoms with E-state index in [1.165, 1.54) is 5.56 Å². The third-order valence-corrected chi connectivity index (χ3v) is 3.74. The standard InChI is InChI=1S/C13H19N5OS/c1-10-4-6-11(7-5-10)18-12(15-16-17-18)14-8-13(2,19)9-20-3/h4-7,19H,8-9H2,1-3H3,(H,14,15,17)/t13-/m1/s1. The minimum absolute atomic E-state index is 0.389. The summed E-state index contributed by atoms with van der Waals surface area (Å²) in [5.41, 5.74) is 1.26. The number of tetrazole rings is 1. The molecule has 1 atom stereocenters. The molecule has 7 heteroatoms. The maximum absolute atomic E-state index is 10.1. The predicted molar refractivity (Wildman–Crippen MR) is 81.4 cm³/mol. The topological polar surface area (TPSA) is 75.9 Å². The first-order valence-electron chi connectivity index (χ1n) is 6.32. The molecule has 0 unspecified atom stereocenters. The number of nitrogens with zero attached hydrogens (tertiary/aromatic N) is 4. The van der Waals surface area contributed by atoms with Crippen LogP contribution in [0.25, 0.3) is 5.69 Å². The van der Waals surface area contributed by atoms with E-state index in [1.807, 2.05) is 37.4 Å². The molecule has 6 nitrogen and oxygen atoms in total. The normalized spacial score (nSPS) is 14.0. The van der Waals surface area contributed by atoms with Crippen molar-refractivity contribution in [3.8, 4) is 5.69 Å². The highest BCUT2D eigenvalue weighted by atomic mass is 32.2. The van der Waals surface area contributed by atoms with Crippen molar-refractivity contribution in [1.82, 2.24) is 20.2 Å². The Kier molecular flexibility index (Phi) is 4.61. The Morgan fingerprint density at radius 1 is 1.35 bits per heavy atom. The molecule has 0 aliphatic carbocycles. The summed E-state index contributed by atoms with van der Waals surface area (Å²) in [4.78, 5) is 0. The van der Waals surface area contributed by atoms with Gasteiger partial charge < -0.3 is 10.4 Å². The molecule has 0 amide bonds. The molecule has 2 N–H and O–H groups in total. The third kappa shape index (κ3) is 3.71. The molecule has 0 fully saturated rings. The molecule has 1 heterocycles. The molecule has 20 heavy (non-hydrogen) atoms. The molecule has 1 aromatic carbocycles. The van der Waals surface area contributed by atoms with Gasteiger partial charge in [0.15, 0.2) is 0 Å². The van der Waals surface area contributed by atoms with Gasteiger partial charge in [-0.3, -0.25) is 0 Å². The zero-order valence-corrected chi connectivity index (χ0v) is 12.7. The smallest absolute Gasteiger partial charge is 0.247 e. The first kappa shape index (κ1) is 14.8. The minimum Gasteiger partial charge on any atom is -0.387 e. The van der Waals surface area contributed by atoms with Gasteiger partial charge in [-0.15, -0.1) is 0 Å². The van der Waals surface area contributed by atoms with Crippen LogP contribution < -0.4 is 5.32 Å². The molecule has 0 bridgehead atoms. The second kappa shape index (κ2) is 6.23. The van der Waals surface area contributed by atoms with Crippen molar-refractivity contribution in [2.75, 3.05) is 23.9 Å². The van der Waals surface area contributed by atoms with Gasteiger partial charge >= 0.3 is 0 Å². The lowest BCUT2D eigenvalue weighted by Crippen LogP contribution is -2.36. The number of rotatable bonds is 6. The summed E-state index contributed by atoms with van der Waals surface area (Å²) in [6.45, 7) is 4.21. The summed E-state index contributed by atoms with van der Waals surface area (Å²) in [6.07, 6.45) is 1.96. The second-order valence-electron chi connectivity index (χ2n) is 5.03. The molecule has 0 spiro atoms. The van der Waals surface area contributed by atoms with Crippen LogP contribution in [-0.2, 0) is 0 Å². The maximum atomic E-state index is 10.1. The van der Waals surface area contributed by atoms with E-state index in [0.717, 1.165) is 5.69 Å². The lowest BCUT2D eigenvalue weighted by molar-refractivity contribution is 0.0995. The monoisotopic (exact) mass is 293 g/mol. The fourth-order valence-electron chi connectivity index (χ4n) is 1.79. The van der Waals surface area contributed by atoms with E-state index >= 15 is 0 Å². The van der Waals surface area contributed by atoms with Gasteiger partial charge in [-0.25, -0.2) is 0 Å². The third-order valence-electron chi connectivity index (χ3n) is 2.83. The summed E-state index contributed by atoms with van der Waals surface area (Å²) in [7, 11) is 0. The highest BCUT2D eigenvalue weighted by Crippen LogP contribution is 2.15. The Hall–Kier alpha value is -1.60. The number of aryl methyl sites for hydroxylation is 1. The van der Waals surface area contributed by atoms with Crippen molar-refractivity contribution < 1.29 is 5.11 Å². The molecule has 1 aromatic heterocycles. The summed E-state index contributed by atoms with van der Waals surface area (Å²) >= 11 is 1.60. The van der Waals surface area contributed by atoms with Gasteiger partial charge in [-0.2, -0.15) is 16.4 Å². The highest BCUT2D eigenvalue weighted by molar-refractivity contribution is 7.98. The van der Waals surface area contributed by atoms with Crippen molar-refractivity contribution in [3.05, 3.63) is 29.8 Å². The first-order chi connectivity index (χ1) is 9.52. The molecule has 2 rings (SSSR count).